The standard InChI is InChI=1S/C25H21Cl2N3O5S/c1-3-10-34-17-7-4-6-16(11-17)14-29-21-12-18-15(2)28-35-23(18)13-22(21)30(25(29)31)36(32,33)24-19(26)8-5-9-20(24)27/h4-9,11-13H,3,10,14H2,1-2H3. The highest BCUT2D eigenvalue weighted by Crippen LogP contribution is 2.33. The van der Waals surface area contributed by atoms with Crippen LogP contribution in [-0.4, -0.2) is 28.7 Å². The van der Waals surface area contributed by atoms with E-state index in [2.05, 4.69) is 5.16 Å². The molecule has 186 valence electrons. The van der Waals surface area contributed by atoms with E-state index in [4.69, 9.17) is 32.5 Å². The van der Waals surface area contributed by atoms with E-state index < -0.39 is 15.7 Å². The molecule has 0 aliphatic carbocycles. The number of rotatable bonds is 7. The molecule has 0 aliphatic rings. The average molecular weight is 546 g/mol. The zero-order valence-electron chi connectivity index (χ0n) is 19.4. The van der Waals surface area contributed by atoms with E-state index in [1.807, 2.05) is 31.2 Å². The van der Waals surface area contributed by atoms with E-state index in [1.54, 1.807) is 13.0 Å². The smallest absolute Gasteiger partial charge is 0.343 e. The van der Waals surface area contributed by atoms with Gasteiger partial charge in [0.1, 0.15) is 10.6 Å². The van der Waals surface area contributed by atoms with Gasteiger partial charge in [0.25, 0.3) is 10.0 Å². The van der Waals surface area contributed by atoms with Crippen LogP contribution in [0.3, 0.4) is 0 Å². The first-order valence-corrected chi connectivity index (χ1v) is 13.3. The van der Waals surface area contributed by atoms with Gasteiger partial charge in [-0.25, -0.2) is 13.2 Å². The van der Waals surface area contributed by atoms with Gasteiger partial charge in [-0.1, -0.05) is 53.5 Å². The third-order valence-electron chi connectivity index (χ3n) is 5.79. The molecule has 11 heteroatoms. The number of ether oxygens (including phenoxy) is 1. The molecule has 0 spiro atoms. The summed E-state index contributed by atoms with van der Waals surface area (Å²) in [5.74, 6) is 0.666. The van der Waals surface area contributed by atoms with E-state index in [1.165, 1.54) is 28.8 Å². The van der Waals surface area contributed by atoms with Crippen LogP contribution < -0.4 is 10.4 Å². The number of benzene rings is 3. The van der Waals surface area contributed by atoms with Crippen molar-refractivity contribution in [2.75, 3.05) is 6.61 Å². The summed E-state index contributed by atoms with van der Waals surface area (Å²) in [6.07, 6.45) is 0.855. The highest BCUT2D eigenvalue weighted by molar-refractivity contribution is 7.90. The van der Waals surface area contributed by atoms with Crippen LogP contribution in [0.4, 0.5) is 0 Å². The third-order valence-corrected chi connectivity index (χ3v) is 8.43. The second-order valence-corrected chi connectivity index (χ2v) is 10.8. The lowest BCUT2D eigenvalue weighted by molar-refractivity contribution is 0.317. The van der Waals surface area contributed by atoms with E-state index >= 15 is 0 Å². The molecule has 0 saturated heterocycles. The fourth-order valence-corrected chi connectivity index (χ4v) is 6.62. The molecule has 0 fully saturated rings. The van der Waals surface area contributed by atoms with Gasteiger partial charge in [0.05, 0.1) is 39.9 Å². The van der Waals surface area contributed by atoms with Crippen LogP contribution in [0.15, 0.2) is 68.8 Å². The first-order valence-electron chi connectivity index (χ1n) is 11.1. The van der Waals surface area contributed by atoms with Crippen molar-refractivity contribution in [3.63, 3.8) is 0 Å². The number of imidazole rings is 1. The van der Waals surface area contributed by atoms with Crippen molar-refractivity contribution in [3.8, 4) is 5.75 Å². The molecule has 0 radical (unpaired) electrons. The first kappa shape index (κ1) is 24.4. The van der Waals surface area contributed by atoms with Gasteiger partial charge in [-0.05, 0) is 49.2 Å². The van der Waals surface area contributed by atoms with E-state index in [9.17, 15) is 13.2 Å². The summed E-state index contributed by atoms with van der Waals surface area (Å²) < 4.78 is 40.8. The summed E-state index contributed by atoms with van der Waals surface area (Å²) in [4.78, 5) is 13.4. The molecule has 0 bridgehead atoms. The van der Waals surface area contributed by atoms with Crippen LogP contribution in [0.25, 0.3) is 22.0 Å². The Labute approximate surface area is 216 Å². The Bertz CT molecular complexity index is 1770. The summed E-state index contributed by atoms with van der Waals surface area (Å²) in [6, 6.07) is 14.9. The topological polar surface area (TPSA) is 96.3 Å². The van der Waals surface area contributed by atoms with Crippen LogP contribution in [0.2, 0.25) is 10.0 Å². The minimum absolute atomic E-state index is 0.0901. The molecule has 2 aromatic heterocycles. The first-order chi connectivity index (χ1) is 17.2. The predicted molar refractivity (Wildman–Crippen MR) is 139 cm³/mol. The number of hydrogen-bond acceptors (Lipinski definition) is 6. The number of aryl methyl sites for hydroxylation is 1. The van der Waals surface area contributed by atoms with Crippen molar-refractivity contribution in [1.82, 2.24) is 13.7 Å². The summed E-state index contributed by atoms with van der Waals surface area (Å²) in [7, 11) is -4.48. The number of hydrogen-bond donors (Lipinski definition) is 0. The molecule has 8 nitrogen and oxygen atoms in total. The highest BCUT2D eigenvalue weighted by Gasteiger charge is 2.30. The van der Waals surface area contributed by atoms with Gasteiger partial charge in [0.15, 0.2) is 5.58 Å². The number of nitrogens with zero attached hydrogens (tertiary/aromatic N) is 3. The molecule has 0 saturated carbocycles. The maximum Gasteiger partial charge on any atom is 0.343 e. The van der Waals surface area contributed by atoms with E-state index in [-0.39, 0.29) is 27.0 Å². The largest absolute Gasteiger partial charge is 0.494 e. The molecule has 36 heavy (non-hydrogen) atoms. The Hall–Kier alpha value is -3.27. The van der Waals surface area contributed by atoms with Crippen molar-refractivity contribution in [1.29, 1.82) is 0 Å². The van der Waals surface area contributed by atoms with Crippen LogP contribution in [0, 0.1) is 6.92 Å². The lowest BCUT2D eigenvalue weighted by Gasteiger charge is -2.09. The molecule has 0 aliphatic heterocycles. The Balaban J connectivity index is 1.77. The van der Waals surface area contributed by atoms with Gasteiger partial charge >= 0.3 is 5.69 Å². The van der Waals surface area contributed by atoms with Gasteiger partial charge in [-0.2, -0.15) is 3.97 Å². The zero-order chi connectivity index (χ0) is 25.6. The number of fused-ring (bicyclic) bond motifs is 2. The molecular formula is C25H21Cl2N3O5S. The Morgan fingerprint density at radius 1 is 1.03 bits per heavy atom. The van der Waals surface area contributed by atoms with Crippen molar-refractivity contribution in [2.45, 2.75) is 31.7 Å². The quantitative estimate of drug-likeness (QED) is 0.263. The fraction of sp³-hybridized carbons (Fsp3) is 0.200. The summed E-state index contributed by atoms with van der Waals surface area (Å²) in [5.41, 5.74) is 1.48. The lowest BCUT2D eigenvalue weighted by atomic mass is 10.2. The predicted octanol–water partition coefficient (Wildman–Crippen LogP) is 5.63. The second kappa shape index (κ2) is 9.31. The Morgan fingerprint density at radius 3 is 2.47 bits per heavy atom. The minimum Gasteiger partial charge on any atom is -0.494 e. The molecule has 0 N–H and O–H groups in total. The monoisotopic (exact) mass is 545 g/mol. The number of aromatic nitrogens is 3. The maximum absolute atomic E-state index is 13.8. The van der Waals surface area contributed by atoms with Crippen molar-refractivity contribution in [3.05, 3.63) is 86.4 Å². The van der Waals surface area contributed by atoms with Crippen LogP contribution >= 0.6 is 23.2 Å². The normalized spacial score (nSPS) is 12.0. The number of halogens is 2. The van der Waals surface area contributed by atoms with Crippen molar-refractivity contribution in [2.24, 2.45) is 0 Å². The summed E-state index contributed by atoms with van der Waals surface area (Å²) in [6.45, 7) is 4.45. The van der Waals surface area contributed by atoms with E-state index in [0.29, 0.717) is 38.5 Å². The van der Waals surface area contributed by atoms with Crippen LogP contribution in [-0.2, 0) is 16.6 Å². The zero-order valence-corrected chi connectivity index (χ0v) is 21.7. The fourth-order valence-electron chi connectivity index (χ4n) is 4.12. The van der Waals surface area contributed by atoms with Gasteiger partial charge in [0, 0.05) is 11.5 Å². The van der Waals surface area contributed by atoms with Gasteiger partial charge in [-0.3, -0.25) is 4.57 Å². The average Bonchev–Trinajstić information content (AvgIpc) is 3.33. The summed E-state index contributed by atoms with van der Waals surface area (Å²) >= 11 is 12.5. The van der Waals surface area contributed by atoms with Crippen molar-refractivity contribution < 1.29 is 17.7 Å². The molecule has 5 rings (SSSR count). The third kappa shape index (κ3) is 4.07. The molecule has 0 unspecified atom stereocenters. The molecule has 2 heterocycles. The molecular weight excluding hydrogens is 525 g/mol. The van der Waals surface area contributed by atoms with Crippen LogP contribution in [0.1, 0.15) is 24.6 Å². The van der Waals surface area contributed by atoms with E-state index in [0.717, 1.165) is 12.0 Å². The highest BCUT2D eigenvalue weighted by atomic mass is 35.5. The second-order valence-electron chi connectivity index (χ2n) is 8.29. The van der Waals surface area contributed by atoms with Crippen molar-refractivity contribution >= 4 is 55.2 Å². The van der Waals surface area contributed by atoms with Gasteiger partial charge in [-0.15, -0.1) is 0 Å². The van der Waals surface area contributed by atoms with Gasteiger partial charge in [0.2, 0.25) is 0 Å². The molecule has 0 amide bonds. The molecule has 3 aromatic carbocycles. The van der Waals surface area contributed by atoms with Crippen LogP contribution in [0.5, 0.6) is 5.75 Å². The summed E-state index contributed by atoms with van der Waals surface area (Å²) in [5, 5.41) is 4.46. The SMILES string of the molecule is CCCOc1cccc(Cn2c(=O)n(S(=O)(=O)c3c(Cl)cccc3Cl)c3cc4onc(C)c4cc32)c1. The maximum atomic E-state index is 13.8. The molecule has 0 atom stereocenters. The molecule has 5 aromatic rings. The lowest BCUT2D eigenvalue weighted by Crippen LogP contribution is -2.30. The Morgan fingerprint density at radius 2 is 1.75 bits per heavy atom. The minimum atomic E-state index is -4.48. The Kier molecular flexibility index (Phi) is 6.32. The van der Waals surface area contributed by atoms with Gasteiger partial charge < -0.3 is 9.26 Å².